The van der Waals surface area contributed by atoms with Crippen LogP contribution in [-0.4, -0.2) is 43.5 Å². The highest BCUT2D eigenvalue weighted by molar-refractivity contribution is 7.88. The molecule has 0 radical (unpaired) electrons. The molecule has 0 fully saturated rings. The summed E-state index contributed by atoms with van der Waals surface area (Å²) in [6.45, 7) is 0.120. The molecule has 2 aromatic rings. The lowest BCUT2D eigenvalue weighted by molar-refractivity contribution is -0.121. The Morgan fingerprint density at radius 3 is 2.52 bits per heavy atom. The minimum Gasteiger partial charge on any atom is -0.496 e. The number of nitrogens with one attached hydrogen (secondary N) is 1. The first kappa shape index (κ1) is 18.9. The molecule has 1 heterocycles. The van der Waals surface area contributed by atoms with Crippen molar-refractivity contribution in [3.8, 4) is 5.75 Å². The number of aromatic nitrogens is 1. The highest BCUT2D eigenvalue weighted by Crippen LogP contribution is 2.16. The van der Waals surface area contributed by atoms with Crippen LogP contribution in [0.15, 0.2) is 48.8 Å². The van der Waals surface area contributed by atoms with Crippen LogP contribution in [0.25, 0.3) is 0 Å². The maximum absolute atomic E-state index is 12.2. The van der Waals surface area contributed by atoms with Crippen molar-refractivity contribution >= 4 is 15.9 Å². The number of sulfonamides is 1. The smallest absolute Gasteiger partial charge is 0.235 e. The van der Waals surface area contributed by atoms with E-state index >= 15 is 0 Å². The molecule has 0 aliphatic carbocycles. The number of para-hydroxylation sites is 1. The second kappa shape index (κ2) is 8.59. The van der Waals surface area contributed by atoms with Gasteiger partial charge in [-0.05, 0) is 23.8 Å². The average molecular weight is 363 g/mol. The molecule has 0 unspecified atom stereocenters. The Labute approximate surface area is 147 Å². The number of benzene rings is 1. The summed E-state index contributed by atoms with van der Waals surface area (Å²) in [6, 6.07) is 10.7. The molecule has 1 N–H and O–H groups in total. The highest BCUT2D eigenvalue weighted by Gasteiger charge is 2.20. The summed E-state index contributed by atoms with van der Waals surface area (Å²) in [5.41, 5.74) is 1.58. The second-order valence-electron chi connectivity index (χ2n) is 5.48. The third-order valence-electron chi connectivity index (χ3n) is 3.57. The van der Waals surface area contributed by atoms with Crippen LogP contribution in [0, 0.1) is 0 Å². The van der Waals surface area contributed by atoms with Gasteiger partial charge in [0.15, 0.2) is 0 Å². The monoisotopic (exact) mass is 363 g/mol. The van der Waals surface area contributed by atoms with Gasteiger partial charge in [-0.2, -0.15) is 4.31 Å². The minimum atomic E-state index is -3.53. The zero-order valence-electron chi connectivity index (χ0n) is 14.2. The molecule has 0 aliphatic heterocycles. The lowest BCUT2D eigenvalue weighted by Crippen LogP contribution is -2.39. The molecular weight excluding hydrogens is 342 g/mol. The molecule has 0 saturated carbocycles. The summed E-state index contributed by atoms with van der Waals surface area (Å²) in [6.07, 6.45) is 4.25. The summed E-state index contributed by atoms with van der Waals surface area (Å²) in [4.78, 5) is 16.1. The quantitative estimate of drug-likeness (QED) is 0.760. The van der Waals surface area contributed by atoms with E-state index in [0.29, 0.717) is 5.75 Å². The maximum Gasteiger partial charge on any atom is 0.235 e. The van der Waals surface area contributed by atoms with Gasteiger partial charge >= 0.3 is 0 Å². The van der Waals surface area contributed by atoms with Gasteiger partial charge < -0.3 is 10.1 Å². The predicted octanol–water partition coefficient (Wildman–Crippen LogP) is 1.17. The third-order valence-corrected chi connectivity index (χ3v) is 4.76. The SMILES string of the molecule is COc1ccccc1CNC(=O)CN(Cc1ccncc1)S(C)(=O)=O. The molecule has 0 atom stereocenters. The molecule has 0 saturated heterocycles. The molecule has 1 amide bonds. The van der Waals surface area contributed by atoms with Crippen LogP contribution in [-0.2, 0) is 27.9 Å². The Morgan fingerprint density at radius 1 is 1.20 bits per heavy atom. The Kier molecular flexibility index (Phi) is 6.49. The Morgan fingerprint density at radius 2 is 1.88 bits per heavy atom. The van der Waals surface area contributed by atoms with Gasteiger partial charge in [-0.15, -0.1) is 0 Å². The van der Waals surface area contributed by atoms with Crippen molar-refractivity contribution in [3.05, 3.63) is 59.9 Å². The molecular formula is C17H21N3O4S. The number of amides is 1. The number of methoxy groups -OCH3 is 1. The molecule has 134 valence electrons. The molecule has 0 bridgehead atoms. The maximum atomic E-state index is 12.2. The van der Waals surface area contributed by atoms with Crippen molar-refractivity contribution < 1.29 is 17.9 Å². The third kappa shape index (κ3) is 5.84. The van der Waals surface area contributed by atoms with Crippen molar-refractivity contribution in [1.29, 1.82) is 0 Å². The van der Waals surface area contributed by atoms with E-state index in [1.807, 2.05) is 18.2 Å². The number of hydrogen-bond donors (Lipinski definition) is 1. The summed E-state index contributed by atoms with van der Waals surface area (Å²) < 4.78 is 30.3. The lowest BCUT2D eigenvalue weighted by atomic mass is 10.2. The van der Waals surface area contributed by atoms with Gasteiger partial charge in [-0.1, -0.05) is 18.2 Å². The molecule has 7 nitrogen and oxygen atoms in total. The van der Waals surface area contributed by atoms with Crippen molar-refractivity contribution in [2.24, 2.45) is 0 Å². The largest absolute Gasteiger partial charge is 0.496 e. The number of rotatable bonds is 8. The Bertz CT molecular complexity index is 810. The Balaban J connectivity index is 2.00. The molecule has 25 heavy (non-hydrogen) atoms. The van der Waals surface area contributed by atoms with Gasteiger partial charge in [0.1, 0.15) is 5.75 Å². The fourth-order valence-electron chi connectivity index (χ4n) is 2.24. The number of carbonyl (C=O) groups is 1. The number of pyridine rings is 1. The standard InChI is InChI=1S/C17H21N3O4S/c1-24-16-6-4-3-5-15(16)11-19-17(21)13-20(25(2,22)23)12-14-7-9-18-10-8-14/h3-10H,11-13H2,1-2H3,(H,19,21). The fourth-order valence-corrected chi connectivity index (χ4v) is 2.98. The molecule has 0 spiro atoms. The van der Waals surface area contributed by atoms with E-state index in [-0.39, 0.29) is 25.5 Å². The van der Waals surface area contributed by atoms with E-state index in [0.717, 1.165) is 21.7 Å². The van der Waals surface area contributed by atoms with Gasteiger partial charge in [0.2, 0.25) is 15.9 Å². The summed E-state index contributed by atoms with van der Waals surface area (Å²) in [7, 11) is -1.97. The molecule has 0 aliphatic rings. The normalized spacial score (nSPS) is 11.3. The van der Waals surface area contributed by atoms with Crippen LogP contribution in [0.5, 0.6) is 5.75 Å². The predicted molar refractivity (Wildman–Crippen MR) is 94.3 cm³/mol. The van der Waals surface area contributed by atoms with Gasteiger partial charge in [0.25, 0.3) is 0 Å². The van der Waals surface area contributed by atoms with Gasteiger partial charge in [0.05, 0.1) is 19.9 Å². The number of hydrogen-bond acceptors (Lipinski definition) is 5. The lowest BCUT2D eigenvalue weighted by Gasteiger charge is -2.19. The number of ether oxygens (including phenoxy) is 1. The molecule has 8 heteroatoms. The van der Waals surface area contributed by atoms with Crippen LogP contribution < -0.4 is 10.1 Å². The average Bonchev–Trinajstić information content (AvgIpc) is 2.59. The van der Waals surface area contributed by atoms with Crippen molar-refractivity contribution in [1.82, 2.24) is 14.6 Å². The molecule has 2 rings (SSSR count). The zero-order valence-corrected chi connectivity index (χ0v) is 15.0. The summed E-state index contributed by atoms with van der Waals surface area (Å²) in [5.74, 6) is 0.282. The van der Waals surface area contributed by atoms with Crippen LogP contribution in [0.3, 0.4) is 0 Å². The second-order valence-corrected chi connectivity index (χ2v) is 7.46. The molecule has 1 aromatic heterocycles. The number of carbonyl (C=O) groups excluding carboxylic acids is 1. The van der Waals surface area contributed by atoms with E-state index in [9.17, 15) is 13.2 Å². The van der Waals surface area contributed by atoms with E-state index in [1.165, 1.54) is 0 Å². The van der Waals surface area contributed by atoms with Crippen LogP contribution in [0.2, 0.25) is 0 Å². The number of nitrogens with zero attached hydrogens (tertiary/aromatic N) is 2. The first-order chi connectivity index (χ1) is 11.9. The van der Waals surface area contributed by atoms with E-state index < -0.39 is 10.0 Å². The van der Waals surface area contributed by atoms with Crippen molar-refractivity contribution in [2.75, 3.05) is 19.9 Å². The van der Waals surface area contributed by atoms with Crippen molar-refractivity contribution in [3.63, 3.8) is 0 Å². The van der Waals surface area contributed by atoms with Gasteiger partial charge in [0, 0.05) is 31.0 Å². The van der Waals surface area contributed by atoms with Gasteiger partial charge in [-0.25, -0.2) is 8.42 Å². The van der Waals surface area contributed by atoms with Gasteiger partial charge in [-0.3, -0.25) is 9.78 Å². The summed E-state index contributed by atoms with van der Waals surface area (Å²) in [5, 5.41) is 2.72. The van der Waals surface area contributed by atoms with Crippen LogP contribution >= 0.6 is 0 Å². The van der Waals surface area contributed by atoms with E-state index in [2.05, 4.69) is 10.3 Å². The Hall–Kier alpha value is -2.45. The highest BCUT2D eigenvalue weighted by atomic mass is 32.2. The van der Waals surface area contributed by atoms with Crippen LogP contribution in [0.4, 0.5) is 0 Å². The summed E-state index contributed by atoms with van der Waals surface area (Å²) >= 11 is 0. The minimum absolute atomic E-state index is 0.115. The fraction of sp³-hybridized carbons (Fsp3) is 0.294. The topological polar surface area (TPSA) is 88.6 Å². The first-order valence-corrected chi connectivity index (χ1v) is 9.47. The zero-order chi connectivity index (χ0) is 18.3. The van der Waals surface area contributed by atoms with E-state index in [1.54, 1.807) is 37.7 Å². The van der Waals surface area contributed by atoms with E-state index in [4.69, 9.17) is 4.74 Å². The van der Waals surface area contributed by atoms with Crippen LogP contribution in [0.1, 0.15) is 11.1 Å². The first-order valence-electron chi connectivity index (χ1n) is 7.63. The molecule has 1 aromatic carbocycles. The van der Waals surface area contributed by atoms with Crippen molar-refractivity contribution in [2.45, 2.75) is 13.1 Å².